The lowest BCUT2D eigenvalue weighted by atomic mass is 10.1. The number of aromatic nitrogens is 5. The summed E-state index contributed by atoms with van der Waals surface area (Å²) in [6, 6.07) is 17.0. The third kappa shape index (κ3) is 2.91. The van der Waals surface area contributed by atoms with Crippen molar-refractivity contribution < 1.29 is 0 Å². The van der Waals surface area contributed by atoms with Crippen LogP contribution in [0, 0.1) is 6.92 Å². The summed E-state index contributed by atoms with van der Waals surface area (Å²) >= 11 is 0. The predicted octanol–water partition coefficient (Wildman–Crippen LogP) is 4.14. The van der Waals surface area contributed by atoms with Crippen molar-refractivity contribution in [2.75, 3.05) is 5.32 Å². The zero-order valence-electron chi connectivity index (χ0n) is 16.6. The van der Waals surface area contributed by atoms with Gasteiger partial charge in [-0.15, -0.1) is 0 Å². The lowest BCUT2D eigenvalue weighted by Gasteiger charge is -2.20. The van der Waals surface area contributed by atoms with Crippen LogP contribution in [0.15, 0.2) is 71.9 Å². The second-order valence-electron chi connectivity index (χ2n) is 7.24. The van der Waals surface area contributed by atoms with Crippen LogP contribution in [0.2, 0.25) is 0 Å². The SMILES string of the molecule is Cc1cccc2nc(C(C)Nc3ncnc4[nH]ccc34)n(-c3ccccc3)c(=O)c12. The van der Waals surface area contributed by atoms with Crippen LogP contribution in [0.25, 0.3) is 27.6 Å². The van der Waals surface area contributed by atoms with Gasteiger partial charge in [0.25, 0.3) is 5.56 Å². The summed E-state index contributed by atoms with van der Waals surface area (Å²) in [5.74, 6) is 1.30. The van der Waals surface area contributed by atoms with Crippen LogP contribution >= 0.6 is 0 Å². The van der Waals surface area contributed by atoms with Gasteiger partial charge in [0.2, 0.25) is 0 Å². The summed E-state index contributed by atoms with van der Waals surface area (Å²) in [5.41, 5.74) is 3.04. The first-order valence-corrected chi connectivity index (χ1v) is 9.76. The van der Waals surface area contributed by atoms with E-state index in [4.69, 9.17) is 4.98 Å². The molecule has 3 heterocycles. The van der Waals surface area contributed by atoms with Crippen LogP contribution < -0.4 is 10.9 Å². The third-order valence-electron chi connectivity index (χ3n) is 5.24. The second kappa shape index (κ2) is 7.11. The molecule has 148 valence electrons. The average Bonchev–Trinajstić information content (AvgIpc) is 3.24. The standard InChI is InChI=1S/C23H20N6O/c1-14-7-6-10-18-19(14)23(30)29(16-8-4-3-5-9-16)22(28-18)15(2)27-21-17-11-12-24-20(17)25-13-26-21/h3-13,15H,1-2H3,(H2,24,25,26,27). The minimum Gasteiger partial charge on any atom is -0.360 e. The highest BCUT2D eigenvalue weighted by Gasteiger charge is 2.20. The number of nitrogens with zero attached hydrogens (tertiary/aromatic N) is 4. The molecule has 7 heteroatoms. The molecule has 0 saturated heterocycles. The Morgan fingerprint density at radius 2 is 1.87 bits per heavy atom. The molecule has 0 aliphatic rings. The molecular weight excluding hydrogens is 376 g/mol. The number of benzene rings is 2. The number of anilines is 1. The largest absolute Gasteiger partial charge is 0.360 e. The van der Waals surface area contributed by atoms with Crippen molar-refractivity contribution in [3.63, 3.8) is 0 Å². The molecule has 0 fully saturated rings. The molecule has 30 heavy (non-hydrogen) atoms. The first kappa shape index (κ1) is 18.1. The Morgan fingerprint density at radius 3 is 2.70 bits per heavy atom. The van der Waals surface area contributed by atoms with E-state index in [9.17, 15) is 4.79 Å². The minimum absolute atomic E-state index is 0.0811. The fraction of sp³-hybridized carbons (Fsp3) is 0.130. The number of fused-ring (bicyclic) bond motifs is 2. The first-order valence-electron chi connectivity index (χ1n) is 9.76. The summed E-state index contributed by atoms with van der Waals surface area (Å²) < 4.78 is 1.68. The van der Waals surface area contributed by atoms with Crippen LogP contribution in [-0.4, -0.2) is 24.5 Å². The summed E-state index contributed by atoms with van der Waals surface area (Å²) in [5, 5.41) is 4.93. The van der Waals surface area contributed by atoms with Crippen molar-refractivity contribution in [3.05, 3.63) is 88.9 Å². The first-order chi connectivity index (χ1) is 14.6. The summed E-state index contributed by atoms with van der Waals surface area (Å²) in [6.45, 7) is 3.91. The number of hydrogen-bond donors (Lipinski definition) is 2. The Morgan fingerprint density at radius 1 is 1.03 bits per heavy atom. The molecule has 0 saturated carbocycles. The average molecular weight is 396 g/mol. The highest BCUT2D eigenvalue weighted by atomic mass is 16.1. The summed E-state index contributed by atoms with van der Waals surface area (Å²) in [6.07, 6.45) is 3.33. The Balaban J connectivity index is 1.71. The quantitative estimate of drug-likeness (QED) is 0.477. The number of nitrogens with one attached hydrogen (secondary N) is 2. The van der Waals surface area contributed by atoms with E-state index < -0.39 is 0 Å². The maximum absolute atomic E-state index is 13.6. The van der Waals surface area contributed by atoms with Gasteiger partial charge in [-0.3, -0.25) is 9.36 Å². The molecule has 0 aliphatic heterocycles. The molecule has 0 bridgehead atoms. The molecule has 0 spiro atoms. The number of para-hydroxylation sites is 1. The van der Waals surface area contributed by atoms with E-state index in [1.165, 1.54) is 6.33 Å². The Bertz CT molecular complexity index is 1420. The molecule has 3 aromatic heterocycles. The maximum atomic E-state index is 13.6. The van der Waals surface area contributed by atoms with Crippen LogP contribution in [0.5, 0.6) is 0 Å². The van der Waals surface area contributed by atoms with Gasteiger partial charge in [0.15, 0.2) is 0 Å². The van der Waals surface area contributed by atoms with Crippen molar-refractivity contribution >= 4 is 27.8 Å². The number of aryl methyl sites for hydroxylation is 1. The van der Waals surface area contributed by atoms with E-state index >= 15 is 0 Å². The van der Waals surface area contributed by atoms with E-state index in [0.29, 0.717) is 22.5 Å². The fourth-order valence-electron chi connectivity index (χ4n) is 3.79. The normalized spacial score (nSPS) is 12.3. The number of rotatable bonds is 4. The number of H-pyrrole nitrogens is 1. The highest BCUT2D eigenvalue weighted by Crippen LogP contribution is 2.25. The van der Waals surface area contributed by atoms with Gasteiger partial charge < -0.3 is 10.3 Å². The molecule has 5 rings (SSSR count). The molecule has 1 unspecified atom stereocenters. The van der Waals surface area contributed by atoms with Crippen molar-refractivity contribution in [2.45, 2.75) is 19.9 Å². The number of hydrogen-bond acceptors (Lipinski definition) is 5. The Labute approximate surface area is 172 Å². The van der Waals surface area contributed by atoms with E-state index in [0.717, 1.165) is 22.3 Å². The van der Waals surface area contributed by atoms with Crippen molar-refractivity contribution in [3.8, 4) is 5.69 Å². The minimum atomic E-state index is -0.282. The van der Waals surface area contributed by atoms with E-state index in [2.05, 4.69) is 20.3 Å². The van der Waals surface area contributed by atoms with Crippen LogP contribution in [0.1, 0.15) is 24.4 Å². The Hall–Kier alpha value is -4.00. The second-order valence-corrected chi connectivity index (χ2v) is 7.24. The molecule has 2 aromatic carbocycles. The van der Waals surface area contributed by atoms with Crippen LogP contribution in [0.4, 0.5) is 5.82 Å². The molecule has 0 radical (unpaired) electrons. The van der Waals surface area contributed by atoms with E-state index in [1.54, 1.807) is 4.57 Å². The molecule has 5 aromatic rings. The zero-order valence-corrected chi connectivity index (χ0v) is 16.6. The van der Waals surface area contributed by atoms with Gasteiger partial charge >= 0.3 is 0 Å². The predicted molar refractivity (Wildman–Crippen MR) is 118 cm³/mol. The smallest absolute Gasteiger partial charge is 0.266 e. The number of aromatic amines is 1. The Kier molecular flexibility index (Phi) is 4.28. The monoisotopic (exact) mass is 396 g/mol. The van der Waals surface area contributed by atoms with Crippen molar-refractivity contribution in [1.29, 1.82) is 0 Å². The third-order valence-corrected chi connectivity index (χ3v) is 5.24. The molecular formula is C23H20N6O. The van der Waals surface area contributed by atoms with Crippen LogP contribution in [0.3, 0.4) is 0 Å². The van der Waals surface area contributed by atoms with E-state index in [-0.39, 0.29) is 11.6 Å². The van der Waals surface area contributed by atoms with Gasteiger partial charge in [-0.05, 0) is 43.7 Å². The molecule has 7 nitrogen and oxygen atoms in total. The zero-order chi connectivity index (χ0) is 20.7. The molecule has 0 aliphatic carbocycles. The van der Waals surface area contributed by atoms with Crippen LogP contribution in [-0.2, 0) is 0 Å². The van der Waals surface area contributed by atoms with Gasteiger partial charge in [-0.25, -0.2) is 15.0 Å². The fourth-order valence-corrected chi connectivity index (χ4v) is 3.79. The van der Waals surface area contributed by atoms with Gasteiger partial charge in [0.05, 0.1) is 28.0 Å². The van der Waals surface area contributed by atoms with Crippen molar-refractivity contribution in [1.82, 2.24) is 24.5 Å². The maximum Gasteiger partial charge on any atom is 0.266 e. The highest BCUT2D eigenvalue weighted by molar-refractivity contribution is 5.87. The van der Waals surface area contributed by atoms with E-state index in [1.807, 2.05) is 74.6 Å². The lowest BCUT2D eigenvalue weighted by molar-refractivity contribution is 0.731. The molecule has 0 amide bonds. The summed E-state index contributed by atoms with van der Waals surface area (Å²) in [7, 11) is 0. The lowest BCUT2D eigenvalue weighted by Crippen LogP contribution is -2.27. The van der Waals surface area contributed by atoms with Gasteiger partial charge in [0, 0.05) is 6.20 Å². The van der Waals surface area contributed by atoms with Gasteiger partial charge in [-0.1, -0.05) is 30.3 Å². The summed E-state index contributed by atoms with van der Waals surface area (Å²) in [4.78, 5) is 30.2. The van der Waals surface area contributed by atoms with Gasteiger partial charge in [0.1, 0.15) is 23.6 Å². The van der Waals surface area contributed by atoms with Crippen molar-refractivity contribution in [2.24, 2.45) is 0 Å². The van der Waals surface area contributed by atoms with Gasteiger partial charge in [-0.2, -0.15) is 0 Å². The molecule has 2 N–H and O–H groups in total. The topological polar surface area (TPSA) is 88.5 Å². The molecule has 1 atom stereocenters.